The molecular weight excluding hydrogens is 340 g/mol. The summed E-state index contributed by atoms with van der Waals surface area (Å²) in [6.45, 7) is 0.146. The lowest BCUT2D eigenvalue weighted by atomic mass is 9.83. The first-order valence-electron chi connectivity index (χ1n) is 8.39. The zero-order valence-corrected chi connectivity index (χ0v) is 15.1. The summed E-state index contributed by atoms with van der Waals surface area (Å²) in [7, 11) is 1.70. The number of halogens is 1. The molecule has 7 heteroatoms. The summed E-state index contributed by atoms with van der Waals surface area (Å²) in [5, 5.41) is 15.6. The molecule has 0 heterocycles. The SMILES string of the molecule is CN(CC(=O)Nc1ccc(Cl)cc1)CC(=O)NC1(C#N)CCCCC1. The van der Waals surface area contributed by atoms with E-state index in [1.807, 2.05) is 0 Å². The van der Waals surface area contributed by atoms with Crippen LogP contribution in [0.4, 0.5) is 5.69 Å². The van der Waals surface area contributed by atoms with E-state index in [-0.39, 0.29) is 24.9 Å². The van der Waals surface area contributed by atoms with Gasteiger partial charge >= 0.3 is 0 Å². The number of likely N-dealkylation sites (N-methyl/N-ethyl adjacent to an activating group) is 1. The van der Waals surface area contributed by atoms with Crippen LogP contribution in [0.15, 0.2) is 24.3 Å². The number of hydrogen-bond acceptors (Lipinski definition) is 4. The van der Waals surface area contributed by atoms with Gasteiger partial charge in [0.2, 0.25) is 11.8 Å². The lowest BCUT2D eigenvalue weighted by Crippen LogP contribution is -2.51. The summed E-state index contributed by atoms with van der Waals surface area (Å²) in [6, 6.07) is 9.08. The van der Waals surface area contributed by atoms with E-state index in [4.69, 9.17) is 11.6 Å². The molecule has 1 aliphatic carbocycles. The van der Waals surface area contributed by atoms with Crippen molar-refractivity contribution in [3.05, 3.63) is 29.3 Å². The minimum atomic E-state index is -0.748. The molecule has 134 valence electrons. The van der Waals surface area contributed by atoms with E-state index in [2.05, 4.69) is 16.7 Å². The molecule has 0 bridgehead atoms. The normalized spacial score (nSPS) is 16.1. The lowest BCUT2D eigenvalue weighted by molar-refractivity contribution is -0.124. The molecule has 1 fully saturated rings. The fourth-order valence-corrected chi connectivity index (χ4v) is 3.13. The van der Waals surface area contributed by atoms with Gasteiger partial charge in [0.1, 0.15) is 5.54 Å². The molecule has 0 saturated heterocycles. The summed E-state index contributed by atoms with van der Waals surface area (Å²) in [5.41, 5.74) is -0.0975. The van der Waals surface area contributed by atoms with Crippen molar-refractivity contribution in [2.24, 2.45) is 0 Å². The van der Waals surface area contributed by atoms with Crippen molar-refractivity contribution in [2.45, 2.75) is 37.6 Å². The lowest BCUT2D eigenvalue weighted by Gasteiger charge is -2.32. The minimum Gasteiger partial charge on any atom is -0.337 e. The molecule has 0 atom stereocenters. The number of nitrogens with one attached hydrogen (secondary N) is 2. The Labute approximate surface area is 153 Å². The van der Waals surface area contributed by atoms with Gasteiger partial charge in [-0.1, -0.05) is 30.9 Å². The van der Waals surface area contributed by atoms with Gasteiger partial charge in [-0.2, -0.15) is 5.26 Å². The average Bonchev–Trinajstić information content (AvgIpc) is 2.57. The predicted molar refractivity (Wildman–Crippen MR) is 97.2 cm³/mol. The van der Waals surface area contributed by atoms with Gasteiger partial charge in [-0.3, -0.25) is 14.5 Å². The van der Waals surface area contributed by atoms with Crippen molar-refractivity contribution in [3.8, 4) is 6.07 Å². The quantitative estimate of drug-likeness (QED) is 0.814. The van der Waals surface area contributed by atoms with Gasteiger partial charge in [0, 0.05) is 10.7 Å². The van der Waals surface area contributed by atoms with Crippen LogP contribution in [0.3, 0.4) is 0 Å². The molecule has 1 aromatic carbocycles. The highest BCUT2D eigenvalue weighted by Gasteiger charge is 2.33. The Morgan fingerprint density at radius 2 is 1.76 bits per heavy atom. The molecule has 0 unspecified atom stereocenters. The summed E-state index contributed by atoms with van der Waals surface area (Å²) < 4.78 is 0. The molecule has 0 spiro atoms. The molecule has 2 amide bonds. The first kappa shape index (κ1) is 19.2. The third-order valence-electron chi connectivity index (χ3n) is 4.25. The van der Waals surface area contributed by atoms with Crippen molar-refractivity contribution in [1.82, 2.24) is 10.2 Å². The first-order valence-corrected chi connectivity index (χ1v) is 8.76. The highest BCUT2D eigenvalue weighted by atomic mass is 35.5. The van der Waals surface area contributed by atoms with Crippen LogP contribution in [0.1, 0.15) is 32.1 Å². The monoisotopic (exact) mass is 362 g/mol. The van der Waals surface area contributed by atoms with E-state index in [1.54, 1.807) is 36.2 Å². The molecule has 1 aliphatic rings. The van der Waals surface area contributed by atoms with Crippen LogP contribution >= 0.6 is 11.6 Å². The largest absolute Gasteiger partial charge is 0.337 e. The number of carbonyl (C=O) groups excluding carboxylic acids is 2. The third-order valence-corrected chi connectivity index (χ3v) is 4.51. The number of anilines is 1. The number of benzene rings is 1. The van der Waals surface area contributed by atoms with Gasteiger partial charge in [0.15, 0.2) is 0 Å². The second kappa shape index (κ2) is 8.84. The number of nitrogens with zero attached hydrogens (tertiary/aromatic N) is 2. The Morgan fingerprint density at radius 3 is 2.36 bits per heavy atom. The van der Waals surface area contributed by atoms with E-state index in [1.165, 1.54) is 0 Å². The van der Waals surface area contributed by atoms with Crippen molar-refractivity contribution in [2.75, 3.05) is 25.5 Å². The van der Waals surface area contributed by atoms with Gasteiger partial charge in [-0.15, -0.1) is 0 Å². The van der Waals surface area contributed by atoms with E-state index in [9.17, 15) is 14.9 Å². The summed E-state index contributed by atoms with van der Waals surface area (Å²) in [5.74, 6) is -0.449. The van der Waals surface area contributed by atoms with E-state index in [0.29, 0.717) is 23.6 Å². The standard InChI is InChI=1S/C18H23ClN4O2/c1-23(11-16(24)21-15-7-5-14(19)6-8-15)12-17(25)22-18(13-20)9-3-2-4-10-18/h5-8H,2-4,9-12H2,1H3,(H,21,24)(H,22,25). The topological polar surface area (TPSA) is 85.2 Å². The zero-order valence-electron chi connectivity index (χ0n) is 14.3. The highest BCUT2D eigenvalue weighted by molar-refractivity contribution is 6.30. The molecular formula is C18H23ClN4O2. The molecule has 1 aromatic rings. The zero-order chi connectivity index (χ0) is 18.3. The Kier molecular flexibility index (Phi) is 6.80. The van der Waals surface area contributed by atoms with Gasteiger partial charge in [-0.25, -0.2) is 0 Å². The van der Waals surface area contributed by atoms with Crippen molar-refractivity contribution in [3.63, 3.8) is 0 Å². The van der Waals surface area contributed by atoms with E-state index < -0.39 is 5.54 Å². The van der Waals surface area contributed by atoms with Gasteiger partial charge < -0.3 is 10.6 Å². The number of nitriles is 1. The fourth-order valence-electron chi connectivity index (χ4n) is 3.01. The molecule has 0 radical (unpaired) electrons. The molecule has 0 aliphatic heterocycles. The number of rotatable bonds is 6. The average molecular weight is 363 g/mol. The van der Waals surface area contributed by atoms with Crippen LogP contribution < -0.4 is 10.6 Å². The number of carbonyl (C=O) groups is 2. The predicted octanol–water partition coefficient (Wildman–Crippen LogP) is 2.55. The van der Waals surface area contributed by atoms with Crippen LogP contribution in [-0.4, -0.2) is 42.4 Å². The molecule has 25 heavy (non-hydrogen) atoms. The maximum atomic E-state index is 12.2. The minimum absolute atomic E-state index is 0.0669. The number of hydrogen-bond donors (Lipinski definition) is 2. The molecule has 6 nitrogen and oxygen atoms in total. The molecule has 2 N–H and O–H groups in total. The fraction of sp³-hybridized carbons (Fsp3) is 0.500. The van der Waals surface area contributed by atoms with Crippen molar-refractivity contribution >= 4 is 29.1 Å². The second-order valence-corrected chi connectivity index (χ2v) is 6.97. The van der Waals surface area contributed by atoms with Crippen LogP contribution in [0.25, 0.3) is 0 Å². The summed E-state index contributed by atoms with van der Waals surface area (Å²) in [4.78, 5) is 25.9. The Hall–Kier alpha value is -2.10. The van der Waals surface area contributed by atoms with Gasteiger partial charge in [-0.05, 0) is 44.2 Å². The summed E-state index contributed by atoms with van der Waals surface area (Å²) in [6.07, 6.45) is 4.39. The van der Waals surface area contributed by atoms with Crippen molar-refractivity contribution < 1.29 is 9.59 Å². The van der Waals surface area contributed by atoms with Crippen LogP contribution in [-0.2, 0) is 9.59 Å². The summed E-state index contributed by atoms with van der Waals surface area (Å²) >= 11 is 5.80. The molecule has 1 saturated carbocycles. The van der Waals surface area contributed by atoms with Crippen LogP contribution in [0.5, 0.6) is 0 Å². The van der Waals surface area contributed by atoms with E-state index in [0.717, 1.165) is 19.3 Å². The van der Waals surface area contributed by atoms with Gasteiger partial charge in [0.05, 0.1) is 19.2 Å². The Bertz CT molecular complexity index is 648. The third kappa shape index (κ3) is 6.04. The Morgan fingerprint density at radius 1 is 1.16 bits per heavy atom. The maximum absolute atomic E-state index is 12.2. The second-order valence-electron chi connectivity index (χ2n) is 6.53. The van der Waals surface area contributed by atoms with Crippen LogP contribution in [0.2, 0.25) is 5.02 Å². The highest BCUT2D eigenvalue weighted by Crippen LogP contribution is 2.27. The maximum Gasteiger partial charge on any atom is 0.238 e. The van der Waals surface area contributed by atoms with Crippen LogP contribution in [0, 0.1) is 11.3 Å². The van der Waals surface area contributed by atoms with Crippen molar-refractivity contribution in [1.29, 1.82) is 5.26 Å². The number of amides is 2. The van der Waals surface area contributed by atoms with E-state index >= 15 is 0 Å². The first-order chi connectivity index (χ1) is 11.9. The van der Waals surface area contributed by atoms with Gasteiger partial charge in [0.25, 0.3) is 0 Å². The molecule has 2 rings (SSSR count). The molecule has 0 aromatic heterocycles. The smallest absolute Gasteiger partial charge is 0.238 e. The Balaban J connectivity index is 1.79.